The summed E-state index contributed by atoms with van der Waals surface area (Å²) in [6.07, 6.45) is 0. The van der Waals surface area contributed by atoms with E-state index in [1.807, 2.05) is 24.3 Å². The molecular formula is C16H23IN4OS. The first-order valence-corrected chi connectivity index (χ1v) is 7.92. The average molecular weight is 446 g/mol. The maximum atomic E-state index is 5.91. The second-order valence-corrected chi connectivity index (χ2v) is 6.88. The highest BCUT2D eigenvalue weighted by Gasteiger charge is 2.17. The van der Waals surface area contributed by atoms with Crippen LogP contribution in [-0.2, 0) is 12.0 Å². The Kier molecular flexibility index (Phi) is 7.27. The van der Waals surface area contributed by atoms with Gasteiger partial charge in [0.15, 0.2) is 5.96 Å². The number of thiazole rings is 1. The van der Waals surface area contributed by atoms with Crippen molar-refractivity contribution in [1.82, 2.24) is 4.98 Å². The molecule has 3 N–H and O–H groups in total. The van der Waals surface area contributed by atoms with Crippen molar-refractivity contribution in [1.29, 1.82) is 0 Å². The molecule has 0 aliphatic heterocycles. The second-order valence-electron chi connectivity index (χ2n) is 5.93. The Labute approximate surface area is 158 Å². The van der Waals surface area contributed by atoms with Crippen LogP contribution in [0.4, 0.5) is 5.69 Å². The van der Waals surface area contributed by atoms with Crippen LogP contribution in [0.25, 0.3) is 0 Å². The van der Waals surface area contributed by atoms with E-state index < -0.39 is 0 Å². The molecule has 0 amide bonds. The minimum atomic E-state index is 0. The summed E-state index contributed by atoms with van der Waals surface area (Å²) in [5.41, 5.74) is 7.90. The number of nitrogens with zero attached hydrogens (tertiary/aromatic N) is 2. The van der Waals surface area contributed by atoms with Crippen LogP contribution in [0.15, 0.2) is 34.6 Å². The summed E-state index contributed by atoms with van der Waals surface area (Å²) in [6.45, 7) is 6.92. The lowest BCUT2D eigenvalue weighted by Crippen LogP contribution is -2.22. The van der Waals surface area contributed by atoms with Gasteiger partial charge in [0.05, 0.1) is 19.3 Å². The summed E-state index contributed by atoms with van der Waals surface area (Å²) in [7, 11) is 1.63. The molecule has 0 unspecified atom stereocenters. The molecule has 0 aliphatic carbocycles. The molecule has 5 nitrogen and oxygen atoms in total. The van der Waals surface area contributed by atoms with Crippen LogP contribution in [0, 0.1) is 0 Å². The van der Waals surface area contributed by atoms with Crippen molar-refractivity contribution in [2.24, 2.45) is 10.7 Å². The van der Waals surface area contributed by atoms with E-state index in [-0.39, 0.29) is 29.4 Å². The van der Waals surface area contributed by atoms with E-state index in [0.717, 1.165) is 22.1 Å². The number of anilines is 1. The SMILES string of the molecule is COc1cccc(NC(N)=NCc2nc(C(C)(C)C)cs2)c1.I. The van der Waals surface area contributed by atoms with E-state index in [1.165, 1.54) is 0 Å². The van der Waals surface area contributed by atoms with Crippen LogP contribution in [0.5, 0.6) is 5.75 Å². The largest absolute Gasteiger partial charge is 0.497 e. The van der Waals surface area contributed by atoms with E-state index in [1.54, 1.807) is 18.4 Å². The normalized spacial score (nSPS) is 11.7. The molecule has 1 aromatic carbocycles. The quantitative estimate of drug-likeness (QED) is 0.423. The number of aromatic nitrogens is 1. The van der Waals surface area contributed by atoms with Gasteiger partial charge in [-0.05, 0) is 12.1 Å². The lowest BCUT2D eigenvalue weighted by molar-refractivity contribution is 0.415. The van der Waals surface area contributed by atoms with Crippen molar-refractivity contribution in [2.45, 2.75) is 32.7 Å². The third-order valence-corrected chi connectivity index (χ3v) is 3.88. The van der Waals surface area contributed by atoms with Crippen LogP contribution in [0.1, 0.15) is 31.5 Å². The minimum absolute atomic E-state index is 0. The summed E-state index contributed by atoms with van der Waals surface area (Å²) < 4.78 is 5.17. The Bertz CT molecular complexity index is 664. The fraction of sp³-hybridized carbons (Fsp3) is 0.375. The summed E-state index contributed by atoms with van der Waals surface area (Å²) in [4.78, 5) is 8.93. The van der Waals surface area contributed by atoms with Gasteiger partial charge in [-0.1, -0.05) is 26.8 Å². The van der Waals surface area contributed by atoms with Gasteiger partial charge < -0.3 is 15.8 Å². The number of methoxy groups -OCH3 is 1. The number of ether oxygens (including phenoxy) is 1. The van der Waals surface area contributed by atoms with Gasteiger partial charge >= 0.3 is 0 Å². The lowest BCUT2D eigenvalue weighted by Gasteiger charge is -2.14. The topological polar surface area (TPSA) is 72.5 Å². The standard InChI is InChI=1S/C16H22N4OS.HI/c1-16(2,3)13-10-22-14(20-13)9-18-15(17)19-11-6-5-7-12(8-11)21-4;/h5-8,10H,9H2,1-4H3,(H3,17,18,19);1H. The number of hydrogen-bond acceptors (Lipinski definition) is 4. The van der Waals surface area contributed by atoms with Gasteiger partial charge in [-0.15, -0.1) is 35.3 Å². The van der Waals surface area contributed by atoms with Crippen molar-refractivity contribution >= 4 is 47.0 Å². The first-order chi connectivity index (χ1) is 10.4. The summed E-state index contributed by atoms with van der Waals surface area (Å²) in [6, 6.07) is 7.54. The third-order valence-electron chi connectivity index (χ3n) is 3.05. The molecule has 7 heteroatoms. The Balaban J connectivity index is 0.00000264. The van der Waals surface area contributed by atoms with Crippen molar-refractivity contribution in [3.05, 3.63) is 40.3 Å². The first-order valence-electron chi connectivity index (χ1n) is 7.04. The molecule has 0 radical (unpaired) electrons. The van der Waals surface area contributed by atoms with Gasteiger partial charge in [0.2, 0.25) is 0 Å². The molecule has 0 aliphatic rings. The van der Waals surface area contributed by atoms with Crippen LogP contribution in [0.3, 0.4) is 0 Å². The number of aliphatic imine (C=N–C) groups is 1. The number of halogens is 1. The van der Waals surface area contributed by atoms with Crippen LogP contribution in [0.2, 0.25) is 0 Å². The van der Waals surface area contributed by atoms with Crippen molar-refractivity contribution < 1.29 is 4.74 Å². The van der Waals surface area contributed by atoms with Gasteiger partial charge in [-0.2, -0.15) is 0 Å². The molecule has 126 valence electrons. The molecule has 2 aromatic rings. The molecule has 0 fully saturated rings. The maximum Gasteiger partial charge on any atom is 0.193 e. The number of nitrogens with one attached hydrogen (secondary N) is 1. The number of rotatable bonds is 4. The maximum absolute atomic E-state index is 5.91. The fourth-order valence-corrected chi connectivity index (χ4v) is 2.71. The number of nitrogens with two attached hydrogens (primary N) is 1. The van der Waals surface area contributed by atoms with Crippen LogP contribution >= 0.6 is 35.3 Å². The Morgan fingerprint density at radius 1 is 1.39 bits per heavy atom. The fourth-order valence-electron chi connectivity index (χ4n) is 1.77. The van der Waals surface area contributed by atoms with Gasteiger partial charge in [0.1, 0.15) is 10.8 Å². The zero-order valence-corrected chi connectivity index (χ0v) is 16.9. The van der Waals surface area contributed by atoms with E-state index >= 15 is 0 Å². The molecule has 0 bridgehead atoms. The second kappa shape index (κ2) is 8.49. The number of guanidine groups is 1. The zero-order valence-electron chi connectivity index (χ0n) is 13.8. The van der Waals surface area contributed by atoms with Gasteiger partial charge in [0.25, 0.3) is 0 Å². The van der Waals surface area contributed by atoms with Crippen molar-refractivity contribution in [3.8, 4) is 5.75 Å². The molecule has 1 heterocycles. The molecule has 23 heavy (non-hydrogen) atoms. The predicted octanol–water partition coefficient (Wildman–Crippen LogP) is 3.99. The summed E-state index contributed by atoms with van der Waals surface area (Å²) in [5, 5.41) is 6.09. The summed E-state index contributed by atoms with van der Waals surface area (Å²) >= 11 is 1.61. The number of benzene rings is 1. The Morgan fingerprint density at radius 3 is 2.74 bits per heavy atom. The highest BCUT2D eigenvalue weighted by atomic mass is 127. The highest BCUT2D eigenvalue weighted by molar-refractivity contribution is 14.0. The molecule has 2 rings (SSSR count). The minimum Gasteiger partial charge on any atom is -0.497 e. The van der Waals surface area contributed by atoms with E-state index in [4.69, 9.17) is 10.5 Å². The Hall–Kier alpha value is -1.35. The van der Waals surface area contributed by atoms with Gasteiger partial charge in [-0.25, -0.2) is 9.98 Å². The van der Waals surface area contributed by atoms with E-state index in [2.05, 4.69) is 41.4 Å². The average Bonchev–Trinajstić information content (AvgIpc) is 2.94. The molecule has 1 aromatic heterocycles. The highest BCUT2D eigenvalue weighted by Crippen LogP contribution is 2.24. The third kappa shape index (κ3) is 5.98. The molecule has 0 spiro atoms. The molecule has 0 saturated carbocycles. The molecule has 0 atom stereocenters. The molecular weight excluding hydrogens is 423 g/mol. The van der Waals surface area contributed by atoms with E-state index in [0.29, 0.717) is 12.5 Å². The number of hydrogen-bond donors (Lipinski definition) is 2. The molecule has 0 saturated heterocycles. The van der Waals surface area contributed by atoms with Crippen LogP contribution in [-0.4, -0.2) is 18.1 Å². The monoisotopic (exact) mass is 446 g/mol. The smallest absolute Gasteiger partial charge is 0.193 e. The van der Waals surface area contributed by atoms with Crippen LogP contribution < -0.4 is 15.8 Å². The lowest BCUT2D eigenvalue weighted by atomic mass is 9.93. The van der Waals surface area contributed by atoms with Gasteiger partial charge in [0, 0.05) is 22.5 Å². The van der Waals surface area contributed by atoms with E-state index in [9.17, 15) is 0 Å². The first kappa shape index (κ1) is 19.7. The predicted molar refractivity (Wildman–Crippen MR) is 108 cm³/mol. The Morgan fingerprint density at radius 2 is 2.13 bits per heavy atom. The summed E-state index contributed by atoms with van der Waals surface area (Å²) in [5.74, 6) is 1.13. The van der Waals surface area contributed by atoms with Crippen molar-refractivity contribution in [3.63, 3.8) is 0 Å². The zero-order chi connectivity index (χ0) is 16.2. The van der Waals surface area contributed by atoms with Crippen molar-refractivity contribution in [2.75, 3.05) is 12.4 Å². The van der Waals surface area contributed by atoms with Gasteiger partial charge in [-0.3, -0.25) is 0 Å².